The number of fused-ring (bicyclic) bond motifs is 1. The maximum Gasteiger partial charge on any atom is 0.257 e. The topological polar surface area (TPSA) is 53.8 Å². The van der Waals surface area contributed by atoms with Gasteiger partial charge in [0.15, 0.2) is 0 Å². The highest BCUT2D eigenvalue weighted by atomic mass is 16.3. The fraction of sp³-hybridized carbons (Fsp3) is 0.545. The first kappa shape index (κ1) is 18.1. The molecule has 0 bridgehead atoms. The Morgan fingerprint density at radius 3 is 2.93 bits per heavy atom. The van der Waals surface area contributed by atoms with Crippen molar-refractivity contribution < 1.29 is 14.0 Å². The van der Waals surface area contributed by atoms with E-state index in [1.165, 1.54) is 0 Å². The third kappa shape index (κ3) is 3.47. The quantitative estimate of drug-likeness (QED) is 0.817. The molecule has 1 aromatic carbocycles. The lowest BCUT2D eigenvalue weighted by molar-refractivity contribution is -0.139. The zero-order valence-corrected chi connectivity index (χ0v) is 16.1. The number of carbonyl (C=O) groups excluding carboxylic acids is 2. The molecule has 2 aliphatic rings. The van der Waals surface area contributed by atoms with E-state index < -0.39 is 0 Å². The first-order chi connectivity index (χ1) is 13.1. The van der Waals surface area contributed by atoms with Crippen molar-refractivity contribution >= 4 is 22.8 Å². The fourth-order valence-corrected chi connectivity index (χ4v) is 4.68. The summed E-state index contributed by atoms with van der Waals surface area (Å²) in [6, 6.07) is 7.68. The molecular formula is C22H28N2O3. The van der Waals surface area contributed by atoms with E-state index >= 15 is 0 Å². The second-order valence-electron chi connectivity index (χ2n) is 8.14. The Morgan fingerprint density at radius 2 is 2.07 bits per heavy atom. The fourth-order valence-electron chi connectivity index (χ4n) is 4.68. The van der Waals surface area contributed by atoms with E-state index in [0.717, 1.165) is 69.3 Å². The van der Waals surface area contributed by atoms with Crippen LogP contribution in [0.3, 0.4) is 0 Å². The SMILES string of the molecule is CCCCN1CC2(CCCN(C(=O)c3coc4ccccc34)C2)CCC1=O. The van der Waals surface area contributed by atoms with E-state index in [4.69, 9.17) is 4.42 Å². The molecule has 1 aromatic heterocycles. The largest absolute Gasteiger partial charge is 0.463 e. The average Bonchev–Trinajstić information content (AvgIpc) is 3.12. The highest BCUT2D eigenvalue weighted by Gasteiger charge is 2.42. The summed E-state index contributed by atoms with van der Waals surface area (Å²) in [5.41, 5.74) is 1.45. The normalized spacial score (nSPS) is 23.4. The van der Waals surface area contributed by atoms with E-state index in [0.29, 0.717) is 12.0 Å². The number of carbonyl (C=O) groups is 2. The van der Waals surface area contributed by atoms with Crippen LogP contribution in [0.5, 0.6) is 0 Å². The molecule has 4 rings (SSSR count). The van der Waals surface area contributed by atoms with Gasteiger partial charge in [0.05, 0.1) is 5.56 Å². The van der Waals surface area contributed by atoms with E-state index in [1.807, 2.05) is 34.1 Å². The molecule has 0 saturated carbocycles. The lowest BCUT2D eigenvalue weighted by atomic mass is 9.73. The van der Waals surface area contributed by atoms with Gasteiger partial charge in [0.25, 0.3) is 5.91 Å². The molecule has 0 aliphatic carbocycles. The minimum Gasteiger partial charge on any atom is -0.463 e. The second-order valence-corrected chi connectivity index (χ2v) is 8.14. The van der Waals surface area contributed by atoms with Crippen LogP contribution in [0.15, 0.2) is 34.9 Å². The van der Waals surface area contributed by atoms with Crippen LogP contribution < -0.4 is 0 Å². The van der Waals surface area contributed by atoms with Crippen LogP contribution in [-0.2, 0) is 4.79 Å². The van der Waals surface area contributed by atoms with Crippen LogP contribution in [0, 0.1) is 5.41 Å². The minimum atomic E-state index is 0.0507. The average molecular weight is 368 g/mol. The van der Waals surface area contributed by atoms with Crippen molar-refractivity contribution in [2.45, 2.75) is 45.4 Å². The Balaban J connectivity index is 1.52. The molecule has 5 nitrogen and oxygen atoms in total. The standard InChI is InChI=1S/C22H28N2O3/c1-2-3-12-23-15-22(11-9-20(23)25)10-6-13-24(16-22)21(26)18-14-27-19-8-5-4-7-17(18)19/h4-5,7-8,14H,2-3,6,9-13,15-16H2,1H3. The van der Waals surface area contributed by atoms with Crippen molar-refractivity contribution in [1.82, 2.24) is 9.80 Å². The predicted molar refractivity (Wildman–Crippen MR) is 105 cm³/mol. The van der Waals surface area contributed by atoms with Crippen molar-refractivity contribution in [1.29, 1.82) is 0 Å². The molecule has 2 fully saturated rings. The first-order valence-corrected chi connectivity index (χ1v) is 10.2. The van der Waals surface area contributed by atoms with Crippen LogP contribution in [0.25, 0.3) is 11.0 Å². The molecule has 0 radical (unpaired) electrons. The van der Waals surface area contributed by atoms with Gasteiger partial charge >= 0.3 is 0 Å². The zero-order valence-electron chi connectivity index (χ0n) is 16.1. The van der Waals surface area contributed by atoms with Crippen molar-refractivity contribution in [3.05, 3.63) is 36.1 Å². The molecule has 2 amide bonds. The molecule has 2 saturated heterocycles. The lowest BCUT2D eigenvalue weighted by Gasteiger charge is -2.48. The summed E-state index contributed by atoms with van der Waals surface area (Å²) in [6.45, 7) is 5.31. The van der Waals surface area contributed by atoms with Gasteiger partial charge in [0.2, 0.25) is 5.91 Å². The van der Waals surface area contributed by atoms with E-state index in [-0.39, 0.29) is 17.2 Å². The number of likely N-dealkylation sites (tertiary alicyclic amines) is 2. The Labute approximate surface area is 160 Å². The van der Waals surface area contributed by atoms with E-state index in [2.05, 4.69) is 6.92 Å². The molecule has 1 atom stereocenters. The number of piperidine rings is 2. The third-order valence-electron chi connectivity index (χ3n) is 6.19. The zero-order chi connectivity index (χ0) is 18.9. The second kappa shape index (κ2) is 7.37. The Morgan fingerprint density at radius 1 is 1.22 bits per heavy atom. The molecular weight excluding hydrogens is 340 g/mol. The molecule has 144 valence electrons. The first-order valence-electron chi connectivity index (χ1n) is 10.2. The Kier molecular flexibility index (Phi) is 4.94. The molecule has 27 heavy (non-hydrogen) atoms. The van der Waals surface area contributed by atoms with Gasteiger partial charge in [0, 0.05) is 43.4 Å². The molecule has 2 aliphatic heterocycles. The molecule has 1 unspecified atom stereocenters. The van der Waals surface area contributed by atoms with Crippen molar-refractivity contribution in [3.8, 4) is 0 Å². The highest BCUT2D eigenvalue weighted by molar-refractivity contribution is 6.05. The smallest absolute Gasteiger partial charge is 0.257 e. The van der Waals surface area contributed by atoms with Gasteiger partial charge < -0.3 is 14.2 Å². The third-order valence-corrected chi connectivity index (χ3v) is 6.19. The van der Waals surface area contributed by atoms with Gasteiger partial charge in [0.1, 0.15) is 11.8 Å². The summed E-state index contributed by atoms with van der Waals surface area (Å²) in [5.74, 6) is 0.328. The van der Waals surface area contributed by atoms with Crippen molar-refractivity contribution in [3.63, 3.8) is 0 Å². The van der Waals surface area contributed by atoms with E-state index in [9.17, 15) is 9.59 Å². The summed E-state index contributed by atoms with van der Waals surface area (Å²) in [6.07, 6.45) is 7.33. The molecule has 2 aromatic rings. The van der Waals surface area contributed by atoms with Crippen LogP contribution in [-0.4, -0.2) is 47.8 Å². The molecule has 0 N–H and O–H groups in total. The maximum absolute atomic E-state index is 13.2. The summed E-state index contributed by atoms with van der Waals surface area (Å²) in [5, 5.41) is 0.880. The Hall–Kier alpha value is -2.30. The number of amides is 2. The number of para-hydroxylation sites is 1. The number of unbranched alkanes of at least 4 members (excludes halogenated alkanes) is 1. The van der Waals surface area contributed by atoms with Crippen LogP contribution in [0.1, 0.15) is 55.8 Å². The number of benzene rings is 1. The van der Waals surface area contributed by atoms with E-state index in [1.54, 1.807) is 6.26 Å². The number of nitrogens with zero attached hydrogens (tertiary/aromatic N) is 2. The van der Waals surface area contributed by atoms with Gasteiger partial charge in [-0.15, -0.1) is 0 Å². The molecule has 1 spiro atoms. The molecule has 5 heteroatoms. The van der Waals surface area contributed by atoms with Crippen LogP contribution in [0.4, 0.5) is 0 Å². The van der Waals surface area contributed by atoms with Gasteiger partial charge in [-0.1, -0.05) is 31.5 Å². The van der Waals surface area contributed by atoms with Crippen LogP contribution >= 0.6 is 0 Å². The molecule has 3 heterocycles. The highest BCUT2D eigenvalue weighted by Crippen LogP contribution is 2.39. The van der Waals surface area contributed by atoms with Crippen molar-refractivity contribution in [2.24, 2.45) is 5.41 Å². The monoisotopic (exact) mass is 368 g/mol. The number of hydrogen-bond donors (Lipinski definition) is 0. The summed E-state index contributed by atoms with van der Waals surface area (Å²) in [7, 11) is 0. The number of furan rings is 1. The lowest BCUT2D eigenvalue weighted by Crippen LogP contribution is -2.55. The van der Waals surface area contributed by atoms with Gasteiger partial charge in [-0.3, -0.25) is 9.59 Å². The summed E-state index contributed by atoms with van der Waals surface area (Å²) in [4.78, 5) is 29.5. The predicted octanol–water partition coefficient (Wildman–Crippen LogP) is 4.08. The summed E-state index contributed by atoms with van der Waals surface area (Å²) >= 11 is 0. The van der Waals surface area contributed by atoms with Gasteiger partial charge in [-0.25, -0.2) is 0 Å². The van der Waals surface area contributed by atoms with Crippen molar-refractivity contribution in [2.75, 3.05) is 26.2 Å². The Bertz CT molecular complexity index is 843. The summed E-state index contributed by atoms with van der Waals surface area (Å²) < 4.78 is 5.57. The number of rotatable bonds is 4. The van der Waals surface area contributed by atoms with Gasteiger partial charge in [-0.2, -0.15) is 0 Å². The maximum atomic E-state index is 13.2. The number of hydrogen-bond acceptors (Lipinski definition) is 3. The minimum absolute atomic E-state index is 0.0507. The van der Waals surface area contributed by atoms with Crippen LogP contribution in [0.2, 0.25) is 0 Å². The van der Waals surface area contributed by atoms with Gasteiger partial charge in [-0.05, 0) is 31.7 Å².